The van der Waals surface area contributed by atoms with Gasteiger partial charge in [0.15, 0.2) is 0 Å². The van der Waals surface area contributed by atoms with Crippen LogP contribution in [0.25, 0.3) is 11.5 Å². The van der Waals surface area contributed by atoms with Crippen LogP contribution in [0.15, 0.2) is 45.8 Å². The third kappa shape index (κ3) is 2.70. The fraction of sp³-hybridized carbons (Fsp3) is 0.0909. The number of nitrogens with zero attached hydrogens (tertiary/aromatic N) is 2. The zero-order valence-corrected chi connectivity index (χ0v) is 9.98. The van der Waals surface area contributed by atoms with Gasteiger partial charge in [0, 0.05) is 10.0 Å². The number of ether oxygens (including phenoxy) is 1. The number of aromatic nitrogens is 2. The zero-order valence-electron chi connectivity index (χ0n) is 8.39. The van der Waals surface area contributed by atoms with Crippen LogP contribution < -0.4 is 4.74 Å². The predicted octanol–water partition coefficient (Wildman–Crippen LogP) is 3.02. The lowest BCUT2D eigenvalue weighted by atomic mass is 10.2. The first kappa shape index (κ1) is 10.9. The van der Waals surface area contributed by atoms with E-state index in [4.69, 9.17) is 9.15 Å². The van der Waals surface area contributed by atoms with Gasteiger partial charge in [-0.05, 0) is 12.1 Å². The van der Waals surface area contributed by atoms with E-state index in [1.165, 1.54) is 0 Å². The molecule has 0 amide bonds. The van der Waals surface area contributed by atoms with Crippen LogP contribution in [-0.2, 0) is 0 Å². The average Bonchev–Trinajstić information content (AvgIpc) is 2.76. The first-order valence-corrected chi connectivity index (χ1v) is 5.40. The quantitative estimate of drug-likeness (QED) is 0.864. The minimum atomic E-state index is 0.138. The molecule has 0 unspecified atom stereocenters. The van der Waals surface area contributed by atoms with E-state index < -0.39 is 0 Å². The third-order valence-electron chi connectivity index (χ3n) is 1.78. The van der Waals surface area contributed by atoms with E-state index in [0.717, 1.165) is 5.56 Å². The zero-order chi connectivity index (χ0) is 11.4. The Balaban J connectivity index is 2.11. The maximum atomic E-state index is 5.31. The minimum absolute atomic E-state index is 0.138. The molecule has 1 aromatic carbocycles. The van der Waals surface area contributed by atoms with Crippen LogP contribution in [0.2, 0.25) is 0 Å². The Bertz CT molecular complexity index is 482. The van der Waals surface area contributed by atoms with Crippen molar-refractivity contribution in [2.75, 3.05) is 6.61 Å². The van der Waals surface area contributed by atoms with Gasteiger partial charge >= 0.3 is 6.08 Å². The molecule has 0 atom stereocenters. The number of benzene rings is 1. The molecule has 2 aromatic rings. The van der Waals surface area contributed by atoms with Gasteiger partial charge < -0.3 is 9.15 Å². The lowest BCUT2D eigenvalue weighted by Gasteiger charge is -1.96. The minimum Gasteiger partial charge on any atom is -0.444 e. The van der Waals surface area contributed by atoms with Gasteiger partial charge in [0.1, 0.15) is 6.61 Å². The van der Waals surface area contributed by atoms with Gasteiger partial charge in [0.2, 0.25) is 0 Å². The maximum Gasteiger partial charge on any atom is 0.415 e. The van der Waals surface area contributed by atoms with Crippen molar-refractivity contribution >= 4 is 15.9 Å². The molecule has 0 fully saturated rings. The molecule has 5 heteroatoms. The Labute approximate surface area is 101 Å². The Morgan fingerprint density at radius 2 is 2.06 bits per heavy atom. The molecule has 0 saturated carbocycles. The van der Waals surface area contributed by atoms with E-state index in [0.29, 0.717) is 17.0 Å². The molecule has 1 heterocycles. The van der Waals surface area contributed by atoms with E-state index in [-0.39, 0.29) is 6.08 Å². The SMILES string of the molecule is C=C(Br)COc1nnc(-c2ccccc2)o1. The molecule has 0 N–H and O–H groups in total. The van der Waals surface area contributed by atoms with Crippen molar-refractivity contribution in [2.45, 2.75) is 0 Å². The second kappa shape index (κ2) is 4.94. The topological polar surface area (TPSA) is 48.2 Å². The van der Waals surface area contributed by atoms with Crippen molar-refractivity contribution in [3.63, 3.8) is 0 Å². The average molecular weight is 281 g/mol. The Hall–Kier alpha value is -1.62. The van der Waals surface area contributed by atoms with Gasteiger partial charge in [-0.25, -0.2) is 0 Å². The van der Waals surface area contributed by atoms with Crippen LogP contribution in [-0.4, -0.2) is 16.8 Å². The van der Waals surface area contributed by atoms with Gasteiger partial charge in [-0.1, -0.05) is 45.8 Å². The van der Waals surface area contributed by atoms with E-state index in [9.17, 15) is 0 Å². The standard InChI is InChI=1S/C11H9BrN2O2/c1-8(12)7-15-11-14-13-10(16-11)9-5-3-2-4-6-9/h2-6H,1,7H2. The highest BCUT2D eigenvalue weighted by atomic mass is 79.9. The van der Waals surface area contributed by atoms with Gasteiger partial charge in [-0.2, -0.15) is 0 Å². The molecule has 4 nitrogen and oxygen atoms in total. The lowest BCUT2D eigenvalue weighted by Crippen LogP contribution is -1.95. The van der Waals surface area contributed by atoms with Crippen molar-refractivity contribution in [1.29, 1.82) is 0 Å². The van der Waals surface area contributed by atoms with Crippen LogP contribution in [0.4, 0.5) is 0 Å². The molecule has 0 saturated heterocycles. The second-order valence-electron chi connectivity index (χ2n) is 3.05. The van der Waals surface area contributed by atoms with Crippen molar-refractivity contribution in [2.24, 2.45) is 0 Å². The number of halogens is 1. The summed E-state index contributed by atoms with van der Waals surface area (Å²) in [6, 6.07) is 9.51. The molecule has 0 aliphatic rings. The molecule has 0 aliphatic heterocycles. The monoisotopic (exact) mass is 280 g/mol. The second-order valence-corrected chi connectivity index (χ2v) is 4.17. The van der Waals surface area contributed by atoms with Crippen molar-refractivity contribution < 1.29 is 9.15 Å². The van der Waals surface area contributed by atoms with Gasteiger partial charge in [0.25, 0.3) is 5.89 Å². The molecule has 82 valence electrons. The summed E-state index contributed by atoms with van der Waals surface area (Å²) in [4.78, 5) is 0. The van der Waals surface area contributed by atoms with Gasteiger partial charge in [0.05, 0.1) is 0 Å². The summed E-state index contributed by atoms with van der Waals surface area (Å²) < 4.78 is 11.2. The molecule has 0 spiro atoms. The Kier molecular flexibility index (Phi) is 3.36. The number of hydrogen-bond acceptors (Lipinski definition) is 4. The molecular formula is C11H9BrN2O2. The van der Waals surface area contributed by atoms with E-state index in [1.807, 2.05) is 30.3 Å². The van der Waals surface area contributed by atoms with Crippen molar-refractivity contribution in [1.82, 2.24) is 10.2 Å². The summed E-state index contributed by atoms with van der Waals surface area (Å²) >= 11 is 3.17. The highest BCUT2D eigenvalue weighted by Crippen LogP contribution is 2.20. The molecular weight excluding hydrogens is 272 g/mol. The van der Waals surface area contributed by atoms with Crippen LogP contribution in [0.3, 0.4) is 0 Å². The molecule has 1 aromatic heterocycles. The van der Waals surface area contributed by atoms with E-state index >= 15 is 0 Å². The highest BCUT2D eigenvalue weighted by molar-refractivity contribution is 9.11. The van der Waals surface area contributed by atoms with E-state index in [1.54, 1.807) is 0 Å². The Morgan fingerprint density at radius 3 is 2.75 bits per heavy atom. The number of rotatable bonds is 4. The third-order valence-corrected chi connectivity index (χ3v) is 2.01. The molecule has 0 aliphatic carbocycles. The largest absolute Gasteiger partial charge is 0.444 e. The first-order chi connectivity index (χ1) is 7.75. The maximum absolute atomic E-state index is 5.31. The van der Waals surface area contributed by atoms with Crippen molar-refractivity contribution in [3.8, 4) is 17.5 Å². The smallest absolute Gasteiger partial charge is 0.415 e. The fourth-order valence-electron chi connectivity index (χ4n) is 1.11. The number of hydrogen-bond donors (Lipinski definition) is 0. The summed E-state index contributed by atoms with van der Waals surface area (Å²) in [6.45, 7) is 3.94. The lowest BCUT2D eigenvalue weighted by molar-refractivity contribution is 0.260. The summed E-state index contributed by atoms with van der Waals surface area (Å²) in [6.07, 6.45) is 0.138. The molecule has 16 heavy (non-hydrogen) atoms. The summed E-state index contributed by atoms with van der Waals surface area (Å²) in [5.74, 6) is 0.441. The summed E-state index contributed by atoms with van der Waals surface area (Å²) in [5.41, 5.74) is 0.863. The predicted molar refractivity (Wildman–Crippen MR) is 63.3 cm³/mol. The fourth-order valence-corrected chi connectivity index (χ4v) is 1.22. The Morgan fingerprint density at radius 1 is 1.31 bits per heavy atom. The summed E-state index contributed by atoms with van der Waals surface area (Å²) in [5, 5.41) is 7.64. The van der Waals surface area contributed by atoms with Crippen molar-refractivity contribution in [3.05, 3.63) is 41.4 Å². The molecule has 0 radical (unpaired) electrons. The highest BCUT2D eigenvalue weighted by Gasteiger charge is 2.08. The van der Waals surface area contributed by atoms with Crippen LogP contribution in [0, 0.1) is 0 Å². The van der Waals surface area contributed by atoms with E-state index in [2.05, 4.69) is 32.7 Å². The van der Waals surface area contributed by atoms with Crippen LogP contribution in [0.5, 0.6) is 6.08 Å². The van der Waals surface area contributed by atoms with Crippen LogP contribution >= 0.6 is 15.9 Å². The van der Waals surface area contributed by atoms with Gasteiger partial charge in [-0.15, -0.1) is 5.10 Å². The van der Waals surface area contributed by atoms with Crippen LogP contribution in [0.1, 0.15) is 0 Å². The first-order valence-electron chi connectivity index (χ1n) is 4.61. The summed E-state index contributed by atoms with van der Waals surface area (Å²) in [7, 11) is 0. The molecule has 2 rings (SSSR count). The normalized spacial score (nSPS) is 10.1. The molecule has 0 bridgehead atoms. The van der Waals surface area contributed by atoms with Gasteiger partial charge in [-0.3, -0.25) is 0 Å².